The number of nitrogens with one attached hydrogen (secondary N) is 3. The van der Waals surface area contributed by atoms with Crippen LogP contribution in [0.4, 0.5) is 34.6 Å². The van der Waals surface area contributed by atoms with Crippen LogP contribution in [-0.2, 0) is 11.0 Å². The normalized spacial score (nSPS) is 11.0. The number of Topliss-reactive ketones (excluding diaryl/α,β-unsaturated/α-hetero) is 1. The number of para-hydroxylation sites is 1. The van der Waals surface area contributed by atoms with E-state index in [2.05, 4.69) is 16.0 Å². The van der Waals surface area contributed by atoms with Gasteiger partial charge in [0.25, 0.3) is 5.91 Å². The first-order valence-electron chi connectivity index (χ1n) is 9.96. The minimum Gasteiger partial charge on any atom is -0.376 e. The van der Waals surface area contributed by atoms with E-state index in [1.165, 1.54) is 37.3 Å². The summed E-state index contributed by atoms with van der Waals surface area (Å²) in [7, 11) is 0. The van der Waals surface area contributed by atoms with Crippen molar-refractivity contribution in [2.24, 2.45) is 0 Å². The monoisotopic (exact) mass is 473 g/mol. The average molecular weight is 473 g/mol. The first-order valence-corrected chi connectivity index (χ1v) is 9.96. The summed E-state index contributed by atoms with van der Waals surface area (Å²) in [5, 5.41) is 7.26. The van der Waals surface area contributed by atoms with Crippen LogP contribution in [0.15, 0.2) is 66.7 Å². The van der Waals surface area contributed by atoms with Crippen molar-refractivity contribution in [3.63, 3.8) is 0 Å². The van der Waals surface area contributed by atoms with Crippen LogP contribution in [-0.4, -0.2) is 24.1 Å². The lowest BCUT2D eigenvalue weighted by molar-refractivity contribution is -0.137. The van der Waals surface area contributed by atoms with Gasteiger partial charge in [-0.25, -0.2) is 4.39 Å². The van der Waals surface area contributed by atoms with Crippen molar-refractivity contribution in [3.8, 4) is 0 Å². The van der Waals surface area contributed by atoms with Gasteiger partial charge in [0.15, 0.2) is 5.78 Å². The minimum atomic E-state index is -4.78. The van der Waals surface area contributed by atoms with Gasteiger partial charge in [0.2, 0.25) is 5.91 Å². The number of amides is 2. The molecule has 0 saturated carbocycles. The lowest BCUT2D eigenvalue weighted by atomic mass is 10.1. The van der Waals surface area contributed by atoms with Gasteiger partial charge in [0.1, 0.15) is 5.82 Å². The fourth-order valence-corrected chi connectivity index (χ4v) is 3.08. The molecule has 0 aliphatic heterocycles. The molecule has 0 fully saturated rings. The van der Waals surface area contributed by atoms with E-state index in [0.29, 0.717) is 0 Å². The largest absolute Gasteiger partial charge is 0.418 e. The molecular weight excluding hydrogens is 454 g/mol. The molecule has 3 rings (SSSR count). The first kappa shape index (κ1) is 24.4. The summed E-state index contributed by atoms with van der Waals surface area (Å²) in [5.74, 6) is -2.20. The molecule has 0 aliphatic rings. The Hall–Kier alpha value is -4.21. The zero-order chi connectivity index (χ0) is 24.9. The summed E-state index contributed by atoms with van der Waals surface area (Å²) >= 11 is 0. The number of halogens is 4. The molecule has 0 radical (unpaired) electrons. The van der Waals surface area contributed by atoms with Crippen molar-refractivity contribution < 1.29 is 31.9 Å². The fraction of sp³-hybridized carbons (Fsp3) is 0.125. The van der Waals surface area contributed by atoms with Crippen molar-refractivity contribution >= 4 is 34.7 Å². The van der Waals surface area contributed by atoms with Crippen LogP contribution in [0.1, 0.15) is 33.2 Å². The number of ketones is 1. The summed E-state index contributed by atoms with van der Waals surface area (Å²) in [6.45, 7) is 0.825. The maximum absolute atomic E-state index is 13.6. The number of hydrogen-bond donors (Lipinski definition) is 3. The number of benzene rings is 3. The zero-order valence-electron chi connectivity index (χ0n) is 17.8. The number of carbonyl (C=O) groups excluding carboxylic acids is 3. The van der Waals surface area contributed by atoms with E-state index in [9.17, 15) is 31.9 Å². The molecule has 6 nitrogen and oxygen atoms in total. The summed E-state index contributed by atoms with van der Waals surface area (Å²) in [6, 6.07) is 13.8. The van der Waals surface area contributed by atoms with Crippen LogP contribution in [0.2, 0.25) is 0 Å². The Kier molecular flexibility index (Phi) is 7.30. The summed E-state index contributed by atoms with van der Waals surface area (Å²) in [4.78, 5) is 36.2. The molecule has 10 heteroatoms. The number of carbonyl (C=O) groups is 3. The molecule has 0 bridgehead atoms. The van der Waals surface area contributed by atoms with E-state index >= 15 is 0 Å². The maximum atomic E-state index is 13.6. The van der Waals surface area contributed by atoms with Gasteiger partial charge in [0, 0.05) is 22.5 Å². The van der Waals surface area contributed by atoms with Gasteiger partial charge < -0.3 is 16.0 Å². The van der Waals surface area contributed by atoms with Gasteiger partial charge in [-0.15, -0.1) is 0 Å². The van der Waals surface area contributed by atoms with Gasteiger partial charge in [0.05, 0.1) is 17.8 Å². The second-order valence-corrected chi connectivity index (χ2v) is 7.22. The molecule has 0 saturated heterocycles. The number of anilines is 3. The highest BCUT2D eigenvalue weighted by molar-refractivity contribution is 6.05. The Balaban J connectivity index is 1.73. The maximum Gasteiger partial charge on any atom is 0.418 e. The van der Waals surface area contributed by atoms with Gasteiger partial charge in [-0.3, -0.25) is 14.4 Å². The molecule has 176 valence electrons. The van der Waals surface area contributed by atoms with E-state index in [-0.39, 0.29) is 34.0 Å². The van der Waals surface area contributed by atoms with Crippen molar-refractivity contribution in [2.75, 3.05) is 22.5 Å². The molecule has 0 heterocycles. The van der Waals surface area contributed by atoms with Crippen LogP contribution in [0, 0.1) is 5.82 Å². The van der Waals surface area contributed by atoms with Crippen molar-refractivity contribution in [1.29, 1.82) is 0 Å². The van der Waals surface area contributed by atoms with Crippen molar-refractivity contribution in [2.45, 2.75) is 13.1 Å². The van der Waals surface area contributed by atoms with Gasteiger partial charge in [-0.05, 0) is 61.5 Å². The molecule has 0 aromatic heterocycles. The molecule has 0 unspecified atom stereocenters. The molecule has 3 aromatic rings. The van der Waals surface area contributed by atoms with Crippen LogP contribution < -0.4 is 16.0 Å². The number of alkyl halides is 3. The van der Waals surface area contributed by atoms with Gasteiger partial charge in [-0.1, -0.05) is 12.1 Å². The van der Waals surface area contributed by atoms with Crippen molar-refractivity contribution in [1.82, 2.24) is 0 Å². The number of rotatable bonds is 7. The third-order valence-electron chi connectivity index (χ3n) is 4.71. The second kappa shape index (κ2) is 10.2. The van der Waals surface area contributed by atoms with Gasteiger partial charge in [-0.2, -0.15) is 13.2 Å². The molecule has 3 aromatic carbocycles. The lowest BCUT2D eigenvalue weighted by Crippen LogP contribution is -2.24. The lowest BCUT2D eigenvalue weighted by Gasteiger charge is -2.17. The van der Waals surface area contributed by atoms with E-state index in [1.54, 1.807) is 12.1 Å². The summed E-state index contributed by atoms with van der Waals surface area (Å²) in [6.07, 6.45) is -4.78. The minimum absolute atomic E-state index is 0.0691. The Morgan fingerprint density at radius 2 is 1.53 bits per heavy atom. The van der Waals surface area contributed by atoms with E-state index < -0.39 is 35.9 Å². The highest BCUT2D eigenvalue weighted by Crippen LogP contribution is 2.36. The fourth-order valence-electron chi connectivity index (χ4n) is 3.08. The highest BCUT2D eigenvalue weighted by Gasteiger charge is 2.34. The van der Waals surface area contributed by atoms with Crippen LogP contribution in [0.5, 0.6) is 0 Å². The second-order valence-electron chi connectivity index (χ2n) is 7.22. The molecular formula is C24H19F4N3O3. The van der Waals surface area contributed by atoms with E-state index in [0.717, 1.165) is 24.3 Å². The predicted molar refractivity (Wildman–Crippen MR) is 119 cm³/mol. The smallest absolute Gasteiger partial charge is 0.376 e. The molecule has 34 heavy (non-hydrogen) atoms. The molecule has 0 atom stereocenters. The molecule has 0 aliphatic carbocycles. The Labute approximate surface area is 192 Å². The topological polar surface area (TPSA) is 87.3 Å². The first-order chi connectivity index (χ1) is 16.0. The number of hydrogen-bond acceptors (Lipinski definition) is 4. The molecule has 2 amide bonds. The predicted octanol–water partition coefficient (Wildman–Crippen LogP) is 5.35. The average Bonchev–Trinajstić information content (AvgIpc) is 2.78. The standard InChI is InChI=1S/C24H19F4N3O3/c1-14(32)18-4-2-3-5-20(18)31-22(33)13-29-21-11-10-17(12-19(21)24(26,27)28)30-23(34)15-6-8-16(25)9-7-15/h2-12,29H,13H2,1H3,(H,30,34)(H,31,33). The van der Waals surface area contributed by atoms with E-state index in [1.807, 2.05) is 0 Å². The SMILES string of the molecule is CC(=O)c1ccccc1NC(=O)CNc1ccc(NC(=O)c2ccc(F)cc2)cc1C(F)(F)F. The third-order valence-corrected chi connectivity index (χ3v) is 4.71. The van der Waals surface area contributed by atoms with Crippen molar-refractivity contribution in [3.05, 3.63) is 89.2 Å². The Bertz CT molecular complexity index is 1220. The Morgan fingerprint density at radius 1 is 0.853 bits per heavy atom. The van der Waals surface area contributed by atoms with Crippen LogP contribution in [0.3, 0.4) is 0 Å². The van der Waals surface area contributed by atoms with Crippen LogP contribution in [0.25, 0.3) is 0 Å². The highest BCUT2D eigenvalue weighted by atomic mass is 19.4. The van der Waals surface area contributed by atoms with E-state index in [4.69, 9.17) is 0 Å². The van der Waals surface area contributed by atoms with Crippen LogP contribution >= 0.6 is 0 Å². The molecule has 3 N–H and O–H groups in total. The quantitative estimate of drug-likeness (QED) is 0.319. The Morgan fingerprint density at radius 3 is 2.18 bits per heavy atom. The molecule has 0 spiro atoms. The summed E-state index contributed by atoms with van der Waals surface area (Å²) < 4.78 is 53.8. The van der Waals surface area contributed by atoms with Gasteiger partial charge >= 0.3 is 6.18 Å². The summed E-state index contributed by atoms with van der Waals surface area (Å²) in [5.41, 5.74) is -1.01. The third kappa shape index (κ3) is 6.18. The zero-order valence-corrected chi connectivity index (χ0v) is 17.8.